The highest BCUT2D eigenvalue weighted by Crippen LogP contribution is 2.36. The van der Waals surface area contributed by atoms with E-state index in [9.17, 15) is 0 Å². The van der Waals surface area contributed by atoms with Crippen LogP contribution in [0.5, 0.6) is 0 Å². The fraction of sp³-hybridized carbons (Fsp3) is 0.667. The van der Waals surface area contributed by atoms with Crippen LogP contribution in [0, 0.1) is 13.8 Å². The van der Waals surface area contributed by atoms with E-state index in [1.165, 1.54) is 0 Å². The molecule has 1 aliphatic heterocycles. The summed E-state index contributed by atoms with van der Waals surface area (Å²) in [7, 11) is -0.424. The van der Waals surface area contributed by atoms with E-state index in [4.69, 9.17) is 9.31 Å². The van der Waals surface area contributed by atoms with Crippen molar-refractivity contribution >= 4 is 12.7 Å². The van der Waals surface area contributed by atoms with Crippen molar-refractivity contribution in [1.29, 1.82) is 0 Å². The highest BCUT2D eigenvalue weighted by atomic mass is 16.7. The van der Waals surface area contributed by atoms with E-state index in [0.717, 1.165) is 17.0 Å². The van der Waals surface area contributed by atoms with Crippen LogP contribution in [0.15, 0.2) is 6.20 Å². The van der Waals surface area contributed by atoms with Crippen LogP contribution in [0.2, 0.25) is 0 Å². The zero-order valence-electron chi connectivity index (χ0n) is 11.4. The van der Waals surface area contributed by atoms with Gasteiger partial charge in [-0.1, -0.05) is 0 Å². The summed E-state index contributed by atoms with van der Waals surface area (Å²) < 4.78 is 11.8. The molecule has 1 aromatic heterocycles. The summed E-state index contributed by atoms with van der Waals surface area (Å²) in [4.78, 5) is 8.77. The summed E-state index contributed by atoms with van der Waals surface area (Å²) in [6.07, 6.45) is 1.73. The van der Waals surface area contributed by atoms with Gasteiger partial charge < -0.3 is 9.31 Å². The van der Waals surface area contributed by atoms with Gasteiger partial charge in [0.15, 0.2) is 0 Å². The molecule has 92 valence electrons. The van der Waals surface area contributed by atoms with Crippen LogP contribution in [-0.4, -0.2) is 28.3 Å². The standard InChI is InChI=1S/C12H19BN2O2/c1-8-9(2)15-10(7-14-8)13-16-11(3,4)12(5,6)17-13/h7H,1-6H3. The molecule has 0 unspecified atom stereocenters. The van der Waals surface area contributed by atoms with E-state index in [0.29, 0.717) is 0 Å². The van der Waals surface area contributed by atoms with Crippen LogP contribution in [0.1, 0.15) is 39.1 Å². The summed E-state index contributed by atoms with van der Waals surface area (Å²) in [6.45, 7) is 12.0. The third-order valence-corrected chi connectivity index (χ3v) is 3.71. The Labute approximate surface area is 103 Å². The Morgan fingerprint density at radius 1 is 1.00 bits per heavy atom. The number of aromatic nitrogens is 2. The minimum atomic E-state index is -0.424. The number of rotatable bonds is 1. The van der Waals surface area contributed by atoms with Crippen LogP contribution in [0.4, 0.5) is 0 Å². The van der Waals surface area contributed by atoms with Crippen molar-refractivity contribution in [1.82, 2.24) is 9.97 Å². The molecule has 0 aliphatic carbocycles. The fourth-order valence-corrected chi connectivity index (χ4v) is 1.64. The lowest BCUT2D eigenvalue weighted by Gasteiger charge is -2.32. The number of hydrogen-bond acceptors (Lipinski definition) is 4. The second kappa shape index (κ2) is 3.78. The molecule has 0 radical (unpaired) electrons. The zero-order chi connectivity index (χ0) is 12.8. The predicted octanol–water partition coefficient (Wildman–Crippen LogP) is 1.39. The van der Waals surface area contributed by atoms with Gasteiger partial charge in [0.25, 0.3) is 0 Å². The first kappa shape index (κ1) is 12.5. The van der Waals surface area contributed by atoms with Crippen LogP contribution < -0.4 is 5.59 Å². The summed E-state index contributed by atoms with van der Waals surface area (Å²) in [5, 5.41) is 0. The van der Waals surface area contributed by atoms with Gasteiger partial charge in [-0.15, -0.1) is 0 Å². The molecule has 0 bridgehead atoms. The highest BCUT2D eigenvalue weighted by Gasteiger charge is 2.52. The first-order valence-electron chi connectivity index (χ1n) is 5.89. The van der Waals surface area contributed by atoms with Crippen molar-refractivity contribution in [3.63, 3.8) is 0 Å². The number of nitrogens with zero attached hydrogens (tertiary/aromatic N) is 2. The maximum atomic E-state index is 5.92. The van der Waals surface area contributed by atoms with Gasteiger partial charge in [0.2, 0.25) is 0 Å². The third-order valence-electron chi connectivity index (χ3n) is 3.71. The van der Waals surface area contributed by atoms with Crippen molar-refractivity contribution in [2.45, 2.75) is 52.7 Å². The second-order valence-corrected chi connectivity index (χ2v) is 5.55. The van der Waals surface area contributed by atoms with Crippen molar-refractivity contribution < 1.29 is 9.31 Å². The molecule has 4 nitrogen and oxygen atoms in total. The zero-order valence-corrected chi connectivity index (χ0v) is 11.4. The molecular weight excluding hydrogens is 215 g/mol. The smallest absolute Gasteiger partial charge is 0.398 e. The number of hydrogen-bond donors (Lipinski definition) is 0. The Morgan fingerprint density at radius 2 is 1.53 bits per heavy atom. The Kier molecular flexibility index (Phi) is 2.79. The first-order chi connectivity index (χ1) is 7.73. The van der Waals surface area contributed by atoms with Gasteiger partial charge >= 0.3 is 7.12 Å². The van der Waals surface area contributed by atoms with Crippen molar-refractivity contribution in [2.75, 3.05) is 0 Å². The molecule has 2 heterocycles. The van der Waals surface area contributed by atoms with Gasteiger partial charge in [-0.3, -0.25) is 9.97 Å². The lowest BCUT2D eigenvalue weighted by Crippen LogP contribution is -2.41. The molecule has 2 rings (SSSR count). The maximum Gasteiger partial charge on any atom is 0.516 e. The fourth-order valence-electron chi connectivity index (χ4n) is 1.64. The normalized spacial score (nSPS) is 21.9. The Hall–Kier alpha value is -0.935. The minimum Gasteiger partial charge on any atom is -0.398 e. The van der Waals surface area contributed by atoms with Gasteiger partial charge in [0.1, 0.15) is 0 Å². The molecule has 1 fully saturated rings. The molecule has 17 heavy (non-hydrogen) atoms. The van der Waals surface area contributed by atoms with Gasteiger partial charge in [-0.05, 0) is 41.5 Å². The van der Waals surface area contributed by atoms with Gasteiger partial charge in [0.05, 0.1) is 28.2 Å². The molecule has 0 N–H and O–H groups in total. The SMILES string of the molecule is Cc1ncc(B2OC(C)(C)C(C)(C)O2)nc1C. The molecular formula is C12H19BN2O2. The minimum absolute atomic E-state index is 0.335. The molecule has 0 amide bonds. The van der Waals surface area contributed by atoms with E-state index in [2.05, 4.69) is 9.97 Å². The Morgan fingerprint density at radius 3 is 2.00 bits per heavy atom. The predicted molar refractivity (Wildman–Crippen MR) is 67.2 cm³/mol. The molecule has 0 spiro atoms. The third kappa shape index (κ3) is 2.09. The van der Waals surface area contributed by atoms with Gasteiger partial charge in [-0.2, -0.15) is 0 Å². The van der Waals surface area contributed by atoms with E-state index in [1.807, 2.05) is 41.5 Å². The average molecular weight is 234 g/mol. The molecule has 1 aromatic rings. The molecule has 5 heteroatoms. The van der Waals surface area contributed by atoms with Gasteiger partial charge in [-0.25, -0.2) is 0 Å². The van der Waals surface area contributed by atoms with Crippen molar-refractivity contribution in [3.8, 4) is 0 Å². The molecule has 0 aromatic carbocycles. The van der Waals surface area contributed by atoms with Crippen LogP contribution in [-0.2, 0) is 9.31 Å². The average Bonchev–Trinajstić information content (AvgIpc) is 2.41. The molecule has 1 saturated heterocycles. The van der Waals surface area contributed by atoms with Crippen LogP contribution in [0.3, 0.4) is 0 Å². The molecule has 1 aliphatic rings. The topological polar surface area (TPSA) is 44.2 Å². The first-order valence-corrected chi connectivity index (χ1v) is 5.89. The molecule has 0 atom stereocenters. The monoisotopic (exact) mass is 234 g/mol. The maximum absolute atomic E-state index is 5.92. The van der Waals surface area contributed by atoms with E-state index < -0.39 is 7.12 Å². The van der Waals surface area contributed by atoms with Gasteiger partial charge in [0, 0.05) is 6.20 Å². The Balaban J connectivity index is 2.29. The summed E-state index contributed by atoms with van der Waals surface area (Å²) in [5.41, 5.74) is 1.92. The quantitative estimate of drug-likeness (QED) is 0.689. The Bertz CT molecular complexity index is 430. The van der Waals surface area contributed by atoms with E-state index in [1.54, 1.807) is 6.20 Å². The van der Waals surface area contributed by atoms with E-state index >= 15 is 0 Å². The lowest BCUT2D eigenvalue weighted by molar-refractivity contribution is 0.00578. The largest absolute Gasteiger partial charge is 0.516 e. The summed E-state index contributed by atoms with van der Waals surface area (Å²) >= 11 is 0. The summed E-state index contributed by atoms with van der Waals surface area (Å²) in [6, 6.07) is 0. The molecule has 0 saturated carbocycles. The van der Waals surface area contributed by atoms with Crippen molar-refractivity contribution in [3.05, 3.63) is 17.6 Å². The lowest BCUT2D eigenvalue weighted by atomic mass is 9.85. The van der Waals surface area contributed by atoms with Crippen LogP contribution in [0.25, 0.3) is 0 Å². The van der Waals surface area contributed by atoms with Crippen molar-refractivity contribution in [2.24, 2.45) is 0 Å². The second-order valence-electron chi connectivity index (χ2n) is 5.55. The summed E-state index contributed by atoms with van der Waals surface area (Å²) in [5.74, 6) is 0. The van der Waals surface area contributed by atoms with Crippen LogP contribution >= 0.6 is 0 Å². The van der Waals surface area contributed by atoms with E-state index in [-0.39, 0.29) is 11.2 Å². The number of aryl methyl sites for hydroxylation is 2. The highest BCUT2D eigenvalue weighted by molar-refractivity contribution is 6.61.